The topological polar surface area (TPSA) is 75.3 Å². The molecule has 1 amide bonds. The summed E-state index contributed by atoms with van der Waals surface area (Å²) in [6.45, 7) is 0. The van der Waals surface area contributed by atoms with Crippen molar-refractivity contribution in [2.45, 2.75) is 55.9 Å². The summed E-state index contributed by atoms with van der Waals surface area (Å²) in [6, 6.07) is 11.1. The SMILES string of the molecule is O=C(NC1CCC(C2CCC2)CC1)c1ccc(S(=O)(=O)Nc2ccc(F)cc2)cc1. The number of hydrogen-bond donors (Lipinski definition) is 2. The first kappa shape index (κ1) is 20.8. The molecule has 0 saturated heterocycles. The van der Waals surface area contributed by atoms with Gasteiger partial charge >= 0.3 is 0 Å². The summed E-state index contributed by atoms with van der Waals surface area (Å²) in [6.07, 6.45) is 8.50. The second-order valence-electron chi connectivity index (χ2n) is 8.41. The number of nitrogens with one attached hydrogen (secondary N) is 2. The molecule has 2 aromatic carbocycles. The van der Waals surface area contributed by atoms with E-state index >= 15 is 0 Å². The fourth-order valence-corrected chi connectivity index (χ4v) is 5.49. The van der Waals surface area contributed by atoms with Gasteiger partial charge in [0.05, 0.1) is 4.90 Å². The average Bonchev–Trinajstić information content (AvgIpc) is 2.70. The smallest absolute Gasteiger partial charge is 0.261 e. The molecule has 0 unspecified atom stereocenters. The van der Waals surface area contributed by atoms with Crippen molar-refractivity contribution in [3.63, 3.8) is 0 Å². The molecule has 30 heavy (non-hydrogen) atoms. The van der Waals surface area contributed by atoms with Gasteiger partial charge in [0.1, 0.15) is 5.82 Å². The highest BCUT2D eigenvalue weighted by atomic mass is 32.2. The Kier molecular flexibility index (Phi) is 6.09. The van der Waals surface area contributed by atoms with Crippen molar-refractivity contribution in [1.82, 2.24) is 5.32 Å². The Hall–Kier alpha value is -2.41. The molecule has 0 spiro atoms. The van der Waals surface area contributed by atoms with Gasteiger partial charge in [-0.2, -0.15) is 0 Å². The number of anilines is 1. The first-order chi connectivity index (χ1) is 14.4. The lowest BCUT2D eigenvalue weighted by Gasteiger charge is -2.38. The number of amides is 1. The van der Waals surface area contributed by atoms with Crippen LogP contribution in [0, 0.1) is 17.7 Å². The number of carbonyl (C=O) groups is 1. The zero-order valence-electron chi connectivity index (χ0n) is 16.8. The maximum absolute atomic E-state index is 13.0. The first-order valence-electron chi connectivity index (χ1n) is 10.6. The third kappa shape index (κ3) is 4.83. The highest BCUT2D eigenvalue weighted by Gasteiger charge is 2.31. The number of carbonyl (C=O) groups excluding carboxylic acids is 1. The maximum Gasteiger partial charge on any atom is 0.261 e. The summed E-state index contributed by atoms with van der Waals surface area (Å²) in [4.78, 5) is 12.6. The van der Waals surface area contributed by atoms with Gasteiger partial charge in [0.15, 0.2) is 0 Å². The monoisotopic (exact) mass is 430 g/mol. The van der Waals surface area contributed by atoms with Gasteiger partial charge in [0, 0.05) is 17.3 Å². The van der Waals surface area contributed by atoms with Crippen LogP contribution in [0.5, 0.6) is 0 Å². The van der Waals surface area contributed by atoms with Crippen LogP contribution in [0.4, 0.5) is 10.1 Å². The fourth-order valence-electron chi connectivity index (χ4n) is 4.43. The molecule has 0 bridgehead atoms. The lowest BCUT2D eigenvalue weighted by atomic mass is 9.69. The molecule has 2 aliphatic carbocycles. The number of halogens is 1. The van der Waals surface area contributed by atoms with Gasteiger partial charge in [-0.05, 0) is 86.1 Å². The zero-order chi connectivity index (χ0) is 21.1. The van der Waals surface area contributed by atoms with Gasteiger partial charge in [-0.3, -0.25) is 9.52 Å². The van der Waals surface area contributed by atoms with Crippen molar-refractivity contribution < 1.29 is 17.6 Å². The summed E-state index contributed by atoms with van der Waals surface area (Å²) in [7, 11) is -3.81. The van der Waals surface area contributed by atoms with Crippen molar-refractivity contribution in [2.24, 2.45) is 11.8 Å². The molecule has 2 N–H and O–H groups in total. The third-order valence-corrected chi connectivity index (χ3v) is 7.84. The van der Waals surface area contributed by atoms with Crippen molar-refractivity contribution in [1.29, 1.82) is 0 Å². The van der Waals surface area contributed by atoms with Crippen molar-refractivity contribution >= 4 is 21.6 Å². The van der Waals surface area contributed by atoms with Crippen LogP contribution in [0.25, 0.3) is 0 Å². The number of benzene rings is 2. The van der Waals surface area contributed by atoms with E-state index in [1.807, 2.05) is 0 Å². The summed E-state index contributed by atoms with van der Waals surface area (Å²) < 4.78 is 40.4. The van der Waals surface area contributed by atoms with Gasteiger partial charge in [-0.15, -0.1) is 0 Å². The lowest BCUT2D eigenvalue weighted by Crippen LogP contribution is -2.39. The van der Waals surface area contributed by atoms with Crippen LogP contribution in [0.15, 0.2) is 53.4 Å². The summed E-state index contributed by atoms with van der Waals surface area (Å²) in [5.41, 5.74) is 0.715. The van der Waals surface area contributed by atoms with Crippen LogP contribution < -0.4 is 10.0 Å². The van der Waals surface area contributed by atoms with Gasteiger partial charge < -0.3 is 5.32 Å². The first-order valence-corrected chi connectivity index (χ1v) is 12.1. The van der Waals surface area contributed by atoms with E-state index in [0.717, 1.165) is 24.7 Å². The van der Waals surface area contributed by atoms with Crippen molar-refractivity contribution in [2.75, 3.05) is 4.72 Å². The minimum Gasteiger partial charge on any atom is -0.349 e. The molecular formula is C23H27FN2O3S. The summed E-state index contributed by atoms with van der Waals surface area (Å²) >= 11 is 0. The minimum atomic E-state index is -3.81. The van der Waals surface area contributed by atoms with E-state index in [0.29, 0.717) is 5.56 Å². The molecule has 0 heterocycles. The van der Waals surface area contributed by atoms with Crippen LogP contribution in [0.1, 0.15) is 55.3 Å². The Bertz CT molecular complexity index is 978. The molecular weight excluding hydrogens is 403 g/mol. The molecule has 0 radical (unpaired) electrons. The standard InChI is InChI=1S/C23H27FN2O3S/c24-19-8-12-21(13-9-19)26-30(28,29)22-14-6-18(7-15-22)23(27)25-20-10-4-17(5-11-20)16-2-1-3-16/h6-9,12-17,20,26H,1-5,10-11H2,(H,25,27). The number of rotatable bonds is 6. The van der Waals surface area contributed by atoms with Crippen LogP contribution >= 0.6 is 0 Å². The van der Waals surface area contributed by atoms with E-state index in [2.05, 4.69) is 10.0 Å². The quantitative estimate of drug-likeness (QED) is 0.697. The second kappa shape index (κ2) is 8.76. The largest absolute Gasteiger partial charge is 0.349 e. The Balaban J connectivity index is 1.33. The van der Waals surface area contributed by atoms with Crippen LogP contribution in [0.2, 0.25) is 0 Å². The Morgan fingerprint density at radius 1 is 0.833 bits per heavy atom. The van der Waals surface area contributed by atoms with Gasteiger partial charge in [0.25, 0.3) is 15.9 Å². The predicted molar refractivity (Wildman–Crippen MR) is 114 cm³/mol. The van der Waals surface area contributed by atoms with Crippen LogP contribution in [-0.2, 0) is 10.0 Å². The van der Waals surface area contributed by atoms with E-state index in [1.165, 1.54) is 80.6 Å². The molecule has 7 heteroatoms. The third-order valence-electron chi connectivity index (χ3n) is 6.45. The normalized spacial score (nSPS) is 22.2. The molecule has 2 saturated carbocycles. The van der Waals surface area contributed by atoms with Crippen LogP contribution in [-0.4, -0.2) is 20.4 Å². The van der Waals surface area contributed by atoms with Crippen LogP contribution in [0.3, 0.4) is 0 Å². The second-order valence-corrected chi connectivity index (χ2v) is 10.1. The molecule has 0 aliphatic heterocycles. The van der Waals surface area contributed by atoms with E-state index in [-0.39, 0.29) is 22.5 Å². The minimum absolute atomic E-state index is 0.0457. The predicted octanol–water partition coefficient (Wildman–Crippen LogP) is 4.72. The molecule has 2 aliphatic rings. The summed E-state index contributed by atoms with van der Waals surface area (Å²) in [5.74, 6) is 1.12. The van der Waals surface area contributed by atoms with E-state index < -0.39 is 15.8 Å². The van der Waals surface area contributed by atoms with Gasteiger partial charge in [-0.25, -0.2) is 12.8 Å². The Morgan fingerprint density at radius 3 is 2.00 bits per heavy atom. The lowest BCUT2D eigenvalue weighted by molar-refractivity contribution is 0.0901. The van der Waals surface area contributed by atoms with E-state index in [4.69, 9.17) is 0 Å². The van der Waals surface area contributed by atoms with Crippen molar-refractivity contribution in [3.05, 3.63) is 59.9 Å². The molecule has 2 fully saturated rings. The van der Waals surface area contributed by atoms with Crippen molar-refractivity contribution in [3.8, 4) is 0 Å². The molecule has 0 atom stereocenters. The van der Waals surface area contributed by atoms with Gasteiger partial charge in [-0.1, -0.05) is 19.3 Å². The Morgan fingerprint density at radius 2 is 1.43 bits per heavy atom. The molecule has 5 nitrogen and oxygen atoms in total. The molecule has 4 rings (SSSR count). The highest BCUT2D eigenvalue weighted by Crippen LogP contribution is 2.40. The highest BCUT2D eigenvalue weighted by molar-refractivity contribution is 7.92. The maximum atomic E-state index is 13.0. The fraction of sp³-hybridized carbons (Fsp3) is 0.435. The molecule has 2 aromatic rings. The number of sulfonamides is 1. The number of hydrogen-bond acceptors (Lipinski definition) is 3. The average molecular weight is 431 g/mol. The van der Waals surface area contributed by atoms with E-state index in [9.17, 15) is 17.6 Å². The van der Waals surface area contributed by atoms with E-state index in [1.54, 1.807) is 0 Å². The molecule has 0 aromatic heterocycles. The zero-order valence-corrected chi connectivity index (χ0v) is 17.6. The summed E-state index contributed by atoms with van der Waals surface area (Å²) in [5, 5.41) is 3.09. The Labute approximate surface area is 177 Å². The van der Waals surface area contributed by atoms with Gasteiger partial charge in [0.2, 0.25) is 0 Å². The molecule has 160 valence electrons.